The Kier molecular flexibility index (Phi) is 5.28. The molecule has 154 valence electrons. The summed E-state index contributed by atoms with van der Waals surface area (Å²) in [5, 5.41) is 14.5. The van der Waals surface area contributed by atoms with Crippen molar-refractivity contribution < 1.29 is 17.9 Å². The van der Waals surface area contributed by atoms with Gasteiger partial charge in [0.15, 0.2) is 0 Å². The zero-order valence-corrected chi connectivity index (χ0v) is 17.2. The number of amides is 1. The molecule has 2 aromatic carbocycles. The molecule has 8 nitrogen and oxygen atoms in total. The number of rotatable bonds is 3. The molecule has 0 saturated carbocycles. The number of benzene rings is 2. The Morgan fingerprint density at radius 1 is 1.20 bits per heavy atom. The molecule has 0 unspecified atom stereocenters. The molecule has 9 heteroatoms. The van der Waals surface area contributed by atoms with Crippen LogP contribution in [0.5, 0.6) is 0 Å². The fourth-order valence-corrected chi connectivity index (χ4v) is 4.93. The molecule has 0 atom stereocenters. The molecular weight excluding hydrogens is 404 g/mol. The number of nitriles is 1. The first-order chi connectivity index (χ1) is 14.4. The van der Waals surface area contributed by atoms with Gasteiger partial charge in [-0.2, -0.15) is 10.4 Å². The first-order valence-electron chi connectivity index (χ1n) is 9.48. The van der Waals surface area contributed by atoms with E-state index in [9.17, 15) is 13.2 Å². The maximum Gasteiger partial charge on any atom is 0.286 e. The van der Waals surface area contributed by atoms with Gasteiger partial charge in [-0.3, -0.25) is 9.80 Å². The summed E-state index contributed by atoms with van der Waals surface area (Å²) < 4.78 is 31.7. The summed E-state index contributed by atoms with van der Waals surface area (Å²) in [5.41, 5.74) is 2.56. The number of hydrogen-bond donors (Lipinski definition) is 0. The molecule has 0 bridgehead atoms. The number of ether oxygens (including phenoxy) is 1. The predicted molar refractivity (Wildman–Crippen MR) is 111 cm³/mol. The Labute approximate surface area is 174 Å². The third kappa shape index (κ3) is 3.67. The van der Waals surface area contributed by atoms with Gasteiger partial charge in [0, 0.05) is 13.1 Å². The van der Waals surface area contributed by atoms with E-state index >= 15 is 0 Å². The lowest BCUT2D eigenvalue weighted by Gasteiger charge is -2.31. The quantitative estimate of drug-likeness (QED) is 0.745. The van der Waals surface area contributed by atoms with Gasteiger partial charge in [0.2, 0.25) is 14.9 Å². The summed E-state index contributed by atoms with van der Waals surface area (Å²) in [5.74, 6) is -0.625. The fourth-order valence-electron chi connectivity index (χ4n) is 3.47. The van der Waals surface area contributed by atoms with E-state index in [1.165, 1.54) is 16.0 Å². The Balaban J connectivity index is 1.79. The Morgan fingerprint density at radius 2 is 1.97 bits per heavy atom. The monoisotopic (exact) mass is 424 g/mol. The molecule has 2 aliphatic rings. The third-order valence-electron chi connectivity index (χ3n) is 5.02. The number of hydrogen-bond acceptors (Lipinski definition) is 7. The van der Waals surface area contributed by atoms with Gasteiger partial charge in [-0.1, -0.05) is 18.2 Å². The molecule has 1 amide bonds. The molecule has 0 N–H and O–H groups in total. The van der Waals surface area contributed by atoms with Crippen molar-refractivity contribution in [2.24, 2.45) is 5.10 Å². The first kappa shape index (κ1) is 20.1. The second-order valence-corrected chi connectivity index (χ2v) is 8.99. The van der Waals surface area contributed by atoms with Crippen LogP contribution in [0.15, 0.2) is 52.5 Å². The molecule has 30 heavy (non-hydrogen) atoms. The molecule has 2 heterocycles. The number of nitrogens with zero attached hydrogens (tertiary/aromatic N) is 4. The van der Waals surface area contributed by atoms with Crippen LogP contribution in [-0.2, 0) is 25.9 Å². The lowest BCUT2D eigenvalue weighted by Crippen LogP contribution is -2.47. The molecular formula is C21H20N4O4S. The van der Waals surface area contributed by atoms with Gasteiger partial charge in [0.25, 0.3) is 5.91 Å². The van der Waals surface area contributed by atoms with Crippen molar-refractivity contribution in [3.63, 3.8) is 0 Å². The number of anilines is 1. The van der Waals surface area contributed by atoms with Gasteiger partial charge in [0.05, 0.1) is 42.0 Å². The number of fused-ring (bicyclic) bond motifs is 1. The average molecular weight is 424 g/mol. The number of carbonyl (C=O) groups is 1. The molecule has 4 rings (SSSR count). The second kappa shape index (κ2) is 7.89. The van der Waals surface area contributed by atoms with Crippen LogP contribution in [0, 0.1) is 18.3 Å². The molecule has 0 aromatic heterocycles. The highest BCUT2D eigenvalue weighted by molar-refractivity contribution is 8.08. The molecule has 2 aromatic rings. The van der Waals surface area contributed by atoms with Crippen LogP contribution in [0.3, 0.4) is 0 Å². The summed E-state index contributed by atoms with van der Waals surface area (Å²) in [6, 6.07) is 14.0. The van der Waals surface area contributed by atoms with Crippen LogP contribution in [0.25, 0.3) is 0 Å². The average Bonchev–Trinajstić information content (AvgIpc) is 2.76. The normalized spacial score (nSPS) is 17.7. The number of morpholine rings is 1. The van der Waals surface area contributed by atoms with Crippen LogP contribution in [0.4, 0.5) is 5.69 Å². The summed E-state index contributed by atoms with van der Waals surface area (Å²) >= 11 is 0. The molecule has 1 fully saturated rings. The highest BCUT2D eigenvalue weighted by atomic mass is 32.2. The SMILES string of the molecule is Cc1ccc2c(c1)N(Cc1cccc(C#N)c1)N=C(C(=O)N1CCOCC1)S2(=O)=O. The van der Waals surface area contributed by atoms with Crippen molar-refractivity contribution in [2.75, 3.05) is 31.3 Å². The van der Waals surface area contributed by atoms with Gasteiger partial charge < -0.3 is 9.64 Å². The standard InChI is InChI=1S/C21H20N4O4S/c1-15-5-6-19-18(11-15)25(14-17-4-2-3-16(12-17)13-22)23-20(30(19,27)28)21(26)24-7-9-29-10-8-24/h2-6,11-12H,7-10,14H2,1H3. The molecule has 2 aliphatic heterocycles. The minimum Gasteiger partial charge on any atom is -0.378 e. The van der Waals surface area contributed by atoms with Gasteiger partial charge >= 0.3 is 0 Å². The van der Waals surface area contributed by atoms with E-state index in [1.807, 2.05) is 13.0 Å². The summed E-state index contributed by atoms with van der Waals surface area (Å²) in [7, 11) is -4.06. The van der Waals surface area contributed by atoms with E-state index in [4.69, 9.17) is 10.00 Å². The molecule has 0 spiro atoms. The largest absolute Gasteiger partial charge is 0.378 e. The highest BCUT2D eigenvalue weighted by Crippen LogP contribution is 2.34. The van der Waals surface area contributed by atoms with Crippen LogP contribution < -0.4 is 5.01 Å². The maximum absolute atomic E-state index is 13.2. The van der Waals surface area contributed by atoms with Gasteiger partial charge in [0.1, 0.15) is 0 Å². The summed E-state index contributed by atoms with van der Waals surface area (Å²) in [6.07, 6.45) is 0. The van der Waals surface area contributed by atoms with Crippen molar-refractivity contribution in [1.82, 2.24) is 4.90 Å². The van der Waals surface area contributed by atoms with E-state index < -0.39 is 20.8 Å². The van der Waals surface area contributed by atoms with Crippen LogP contribution in [0.2, 0.25) is 0 Å². The van der Waals surface area contributed by atoms with Crippen molar-refractivity contribution in [3.8, 4) is 6.07 Å². The lowest BCUT2D eigenvalue weighted by atomic mass is 10.1. The molecule has 0 aliphatic carbocycles. The maximum atomic E-state index is 13.2. The number of hydrazone groups is 1. The van der Waals surface area contributed by atoms with E-state index in [0.717, 1.165) is 11.1 Å². The second-order valence-electron chi connectivity index (χ2n) is 7.15. The van der Waals surface area contributed by atoms with Crippen LogP contribution >= 0.6 is 0 Å². The van der Waals surface area contributed by atoms with Crippen LogP contribution in [0.1, 0.15) is 16.7 Å². The zero-order valence-electron chi connectivity index (χ0n) is 16.4. The van der Waals surface area contributed by atoms with Gasteiger partial charge in [-0.05, 0) is 42.3 Å². The predicted octanol–water partition coefficient (Wildman–Crippen LogP) is 1.83. The smallest absolute Gasteiger partial charge is 0.286 e. The summed E-state index contributed by atoms with van der Waals surface area (Å²) in [4.78, 5) is 14.5. The van der Waals surface area contributed by atoms with E-state index in [-0.39, 0.29) is 11.4 Å². The third-order valence-corrected chi connectivity index (χ3v) is 6.71. The first-order valence-corrected chi connectivity index (χ1v) is 11.0. The highest BCUT2D eigenvalue weighted by Gasteiger charge is 2.39. The van der Waals surface area contributed by atoms with Gasteiger partial charge in [-0.25, -0.2) is 8.42 Å². The molecule has 0 radical (unpaired) electrons. The van der Waals surface area contributed by atoms with Crippen LogP contribution in [-0.4, -0.2) is 50.6 Å². The Hall–Kier alpha value is -3.22. The topological polar surface area (TPSA) is 103 Å². The minimum absolute atomic E-state index is 0.0520. The number of carbonyl (C=O) groups excluding carboxylic acids is 1. The Bertz CT molecular complexity index is 1180. The lowest BCUT2D eigenvalue weighted by molar-refractivity contribution is -0.127. The van der Waals surface area contributed by atoms with Crippen molar-refractivity contribution in [3.05, 3.63) is 59.2 Å². The molecule has 1 saturated heterocycles. The number of sulfone groups is 1. The number of aryl methyl sites for hydroxylation is 1. The fraction of sp³-hybridized carbons (Fsp3) is 0.286. The Morgan fingerprint density at radius 3 is 2.70 bits per heavy atom. The van der Waals surface area contributed by atoms with E-state index in [2.05, 4.69) is 11.2 Å². The van der Waals surface area contributed by atoms with Crippen molar-refractivity contribution in [1.29, 1.82) is 5.26 Å². The van der Waals surface area contributed by atoms with Crippen molar-refractivity contribution in [2.45, 2.75) is 18.4 Å². The minimum atomic E-state index is -4.06. The summed E-state index contributed by atoms with van der Waals surface area (Å²) in [6.45, 7) is 3.44. The van der Waals surface area contributed by atoms with E-state index in [0.29, 0.717) is 37.6 Å². The van der Waals surface area contributed by atoms with E-state index in [1.54, 1.807) is 30.3 Å². The van der Waals surface area contributed by atoms with Gasteiger partial charge in [-0.15, -0.1) is 0 Å². The van der Waals surface area contributed by atoms with Crippen molar-refractivity contribution >= 4 is 26.5 Å². The zero-order chi connectivity index (χ0) is 21.3.